The van der Waals surface area contributed by atoms with Gasteiger partial charge in [-0.25, -0.2) is 4.98 Å². The second-order valence-corrected chi connectivity index (χ2v) is 6.83. The van der Waals surface area contributed by atoms with E-state index in [-0.39, 0.29) is 11.9 Å². The Balaban J connectivity index is 2.05. The highest BCUT2D eigenvalue weighted by molar-refractivity contribution is 5.92. The van der Waals surface area contributed by atoms with Gasteiger partial charge >= 0.3 is 0 Å². The van der Waals surface area contributed by atoms with Crippen LogP contribution in [0.4, 0.5) is 0 Å². The monoisotopic (exact) mass is 343 g/mol. The van der Waals surface area contributed by atoms with Crippen LogP contribution in [0, 0.1) is 6.92 Å². The Bertz CT molecular complexity index is 694. The van der Waals surface area contributed by atoms with Crippen LogP contribution in [0.5, 0.6) is 0 Å². The molecule has 0 aliphatic heterocycles. The second-order valence-electron chi connectivity index (χ2n) is 6.83. The standard InChI is InChI=1S/C20H29N3O2/c1-6-16(5)21-20(24)18-13-25-19(22-18)12-23(14(2)3)11-17-10-8-7-9-15(17)4/h7-10,13-14,16H,6,11-12H2,1-5H3,(H,21,24). The Hall–Kier alpha value is -2.14. The number of nitrogens with zero attached hydrogens (tertiary/aromatic N) is 2. The summed E-state index contributed by atoms with van der Waals surface area (Å²) in [4.78, 5) is 18.8. The van der Waals surface area contributed by atoms with Crippen molar-refractivity contribution in [2.45, 2.75) is 66.2 Å². The number of hydrogen-bond acceptors (Lipinski definition) is 4. The molecule has 136 valence electrons. The number of nitrogens with one attached hydrogen (secondary N) is 1. The minimum Gasteiger partial charge on any atom is -0.447 e. The first-order chi connectivity index (χ1) is 11.9. The van der Waals surface area contributed by atoms with E-state index in [1.807, 2.05) is 13.8 Å². The molecule has 1 aromatic heterocycles. The van der Waals surface area contributed by atoms with Crippen molar-refractivity contribution >= 4 is 5.91 Å². The summed E-state index contributed by atoms with van der Waals surface area (Å²) in [5.41, 5.74) is 2.90. The Morgan fingerprint density at radius 2 is 1.96 bits per heavy atom. The van der Waals surface area contributed by atoms with Gasteiger partial charge in [-0.05, 0) is 45.2 Å². The zero-order valence-electron chi connectivity index (χ0n) is 15.9. The summed E-state index contributed by atoms with van der Waals surface area (Å²) in [7, 11) is 0. The van der Waals surface area contributed by atoms with Crippen molar-refractivity contribution in [3.05, 3.63) is 53.2 Å². The van der Waals surface area contributed by atoms with E-state index < -0.39 is 0 Å². The van der Waals surface area contributed by atoms with E-state index in [9.17, 15) is 4.79 Å². The lowest BCUT2D eigenvalue weighted by Crippen LogP contribution is -2.32. The van der Waals surface area contributed by atoms with E-state index in [2.05, 4.69) is 60.2 Å². The zero-order chi connectivity index (χ0) is 18.4. The van der Waals surface area contributed by atoms with E-state index in [0.717, 1.165) is 13.0 Å². The average molecular weight is 343 g/mol. The van der Waals surface area contributed by atoms with Gasteiger partial charge in [0, 0.05) is 18.6 Å². The topological polar surface area (TPSA) is 58.4 Å². The molecule has 0 saturated carbocycles. The molecule has 1 unspecified atom stereocenters. The van der Waals surface area contributed by atoms with Crippen molar-refractivity contribution in [1.29, 1.82) is 0 Å². The Morgan fingerprint density at radius 3 is 2.60 bits per heavy atom. The van der Waals surface area contributed by atoms with Crippen LogP contribution < -0.4 is 5.32 Å². The molecule has 0 bridgehead atoms. The SMILES string of the molecule is CCC(C)NC(=O)c1coc(CN(Cc2ccccc2C)C(C)C)n1. The van der Waals surface area contributed by atoms with Crippen molar-refractivity contribution in [1.82, 2.24) is 15.2 Å². The van der Waals surface area contributed by atoms with Crippen molar-refractivity contribution in [3.8, 4) is 0 Å². The summed E-state index contributed by atoms with van der Waals surface area (Å²) in [6.45, 7) is 11.8. The molecule has 0 radical (unpaired) electrons. The highest BCUT2D eigenvalue weighted by Crippen LogP contribution is 2.16. The molecule has 1 amide bonds. The summed E-state index contributed by atoms with van der Waals surface area (Å²) in [6, 6.07) is 8.84. The lowest BCUT2D eigenvalue weighted by molar-refractivity contribution is 0.0934. The zero-order valence-corrected chi connectivity index (χ0v) is 15.9. The molecule has 2 aromatic rings. The minimum absolute atomic E-state index is 0.126. The molecule has 1 heterocycles. The van der Waals surface area contributed by atoms with Crippen LogP contribution in [-0.4, -0.2) is 27.9 Å². The van der Waals surface area contributed by atoms with Gasteiger partial charge in [0.25, 0.3) is 5.91 Å². The number of aromatic nitrogens is 1. The quantitative estimate of drug-likeness (QED) is 0.789. The van der Waals surface area contributed by atoms with Gasteiger partial charge in [-0.15, -0.1) is 0 Å². The molecular formula is C20H29N3O2. The Labute approximate surface area is 150 Å². The summed E-state index contributed by atoms with van der Waals surface area (Å²) in [5.74, 6) is 0.385. The third-order valence-electron chi connectivity index (χ3n) is 4.48. The molecule has 1 atom stereocenters. The molecule has 0 saturated heterocycles. The number of aryl methyl sites for hydroxylation is 1. The maximum atomic E-state index is 12.1. The summed E-state index contributed by atoms with van der Waals surface area (Å²) < 4.78 is 5.54. The summed E-state index contributed by atoms with van der Waals surface area (Å²) in [5, 5.41) is 2.91. The number of rotatable bonds is 8. The van der Waals surface area contributed by atoms with E-state index in [0.29, 0.717) is 24.2 Å². The van der Waals surface area contributed by atoms with E-state index in [1.165, 1.54) is 17.4 Å². The first-order valence-electron chi connectivity index (χ1n) is 8.94. The van der Waals surface area contributed by atoms with Gasteiger partial charge in [-0.2, -0.15) is 0 Å². The smallest absolute Gasteiger partial charge is 0.273 e. The first-order valence-corrected chi connectivity index (χ1v) is 8.94. The van der Waals surface area contributed by atoms with Gasteiger partial charge in [0.15, 0.2) is 5.69 Å². The molecule has 2 rings (SSSR count). The molecule has 5 nitrogen and oxygen atoms in total. The van der Waals surface area contributed by atoms with Crippen LogP contribution in [0.3, 0.4) is 0 Å². The van der Waals surface area contributed by atoms with Crippen LogP contribution in [-0.2, 0) is 13.1 Å². The molecule has 1 aromatic carbocycles. The molecule has 0 fully saturated rings. The first kappa shape index (κ1) is 19.2. The molecule has 25 heavy (non-hydrogen) atoms. The Kier molecular flexibility index (Phi) is 6.76. The summed E-state index contributed by atoms with van der Waals surface area (Å²) >= 11 is 0. The number of hydrogen-bond donors (Lipinski definition) is 1. The number of benzene rings is 1. The molecule has 1 N–H and O–H groups in total. The van der Waals surface area contributed by atoms with Gasteiger partial charge in [0.2, 0.25) is 5.89 Å². The van der Waals surface area contributed by atoms with Crippen molar-refractivity contribution in [2.24, 2.45) is 0 Å². The van der Waals surface area contributed by atoms with E-state index in [1.54, 1.807) is 0 Å². The Morgan fingerprint density at radius 1 is 1.24 bits per heavy atom. The number of amides is 1. The van der Waals surface area contributed by atoms with Gasteiger partial charge in [0.1, 0.15) is 6.26 Å². The normalized spacial score (nSPS) is 12.6. The predicted molar refractivity (Wildman–Crippen MR) is 99.3 cm³/mol. The van der Waals surface area contributed by atoms with Crippen molar-refractivity contribution < 1.29 is 9.21 Å². The fraction of sp³-hybridized carbons (Fsp3) is 0.500. The summed E-state index contributed by atoms with van der Waals surface area (Å²) in [6.07, 6.45) is 2.33. The van der Waals surface area contributed by atoms with E-state index in [4.69, 9.17) is 4.42 Å². The largest absolute Gasteiger partial charge is 0.447 e. The van der Waals surface area contributed by atoms with Crippen LogP contribution in [0.25, 0.3) is 0 Å². The molecule has 0 aliphatic rings. The van der Waals surface area contributed by atoms with E-state index >= 15 is 0 Å². The van der Waals surface area contributed by atoms with Crippen LogP contribution in [0.15, 0.2) is 34.9 Å². The van der Waals surface area contributed by atoms with Crippen LogP contribution in [0.1, 0.15) is 61.6 Å². The van der Waals surface area contributed by atoms with Gasteiger partial charge < -0.3 is 9.73 Å². The molecule has 0 aliphatic carbocycles. The fourth-order valence-corrected chi connectivity index (χ4v) is 2.49. The number of carbonyl (C=O) groups excluding carboxylic acids is 1. The molecule has 0 spiro atoms. The maximum absolute atomic E-state index is 12.1. The van der Waals surface area contributed by atoms with Gasteiger partial charge in [0.05, 0.1) is 6.54 Å². The number of carbonyl (C=O) groups is 1. The third kappa shape index (κ3) is 5.43. The van der Waals surface area contributed by atoms with Gasteiger partial charge in [-0.3, -0.25) is 9.69 Å². The van der Waals surface area contributed by atoms with Crippen LogP contribution in [0.2, 0.25) is 0 Å². The second kappa shape index (κ2) is 8.81. The lowest BCUT2D eigenvalue weighted by Gasteiger charge is -2.25. The lowest BCUT2D eigenvalue weighted by atomic mass is 10.1. The fourth-order valence-electron chi connectivity index (χ4n) is 2.49. The minimum atomic E-state index is -0.181. The third-order valence-corrected chi connectivity index (χ3v) is 4.48. The number of oxazole rings is 1. The predicted octanol–water partition coefficient (Wildman–Crippen LogP) is 3.92. The molecule has 5 heteroatoms. The van der Waals surface area contributed by atoms with Crippen LogP contribution >= 0.6 is 0 Å². The van der Waals surface area contributed by atoms with Crippen molar-refractivity contribution in [2.75, 3.05) is 0 Å². The maximum Gasteiger partial charge on any atom is 0.273 e. The van der Waals surface area contributed by atoms with Gasteiger partial charge in [-0.1, -0.05) is 31.2 Å². The highest BCUT2D eigenvalue weighted by Gasteiger charge is 2.18. The highest BCUT2D eigenvalue weighted by atomic mass is 16.3. The van der Waals surface area contributed by atoms with Crippen molar-refractivity contribution in [3.63, 3.8) is 0 Å². The average Bonchev–Trinajstić information content (AvgIpc) is 3.04. The molecular weight excluding hydrogens is 314 g/mol.